The normalized spacial score (nSPS) is 13.5. The van der Waals surface area contributed by atoms with E-state index in [4.69, 9.17) is 0 Å². The van der Waals surface area contributed by atoms with Crippen molar-refractivity contribution in [3.8, 4) is 5.82 Å². The molecule has 0 aliphatic carbocycles. The zero-order chi connectivity index (χ0) is 21.5. The van der Waals surface area contributed by atoms with Gasteiger partial charge in [-0.25, -0.2) is 19.3 Å². The van der Waals surface area contributed by atoms with Crippen molar-refractivity contribution in [1.29, 1.82) is 0 Å². The van der Waals surface area contributed by atoms with Gasteiger partial charge in [0.05, 0.1) is 0 Å². The highest BCUT2D eigenvalue weighted by Gasteiger charge is 2.20. The summed E-state index contributed by atoms with van der Waals surface area (Å²) in [6.07, 6.45) is 2.47. The zero-order valence-electron chi connectivity index (χ0n) is 17.3. The summed E-state index contributed by atoms with van der Waals surface area (Å²) in [5, 5.41) is 6.94. The molecule has 1 aliphatic heterocycles. The Morgan fingerprint density at radius 3 is 2.84 bits per heavy atom. The molecule has 2 N–H and O–H groups in total. The van der Waals surface area contributed by atoms with E-state index in [2.05, 4.69) is 37.7 Å². The highest BCUT2D eigenvalue weighted by atomic mass is 19.1. The van der Waals surface area contributed by atoms with Gasteiger partial charge < -0.3 is 10.6 Å². The summed E-state index contributed by atoms with van der Waals surface area (Å²) in [6, 6.07) is 10.5. The van der Waals surface area contributed by atoms with E-state index in [9.17, 15) is 9.18 Å². The predicted octanol–water partition coefficient (Wildman–Crippen LogP) is 3.09. The molecule has 8 nitrogen and oxygen atoms in total. The number of hydrogen-bond acceptors (Lipinski definition) is 6. The van der Waals surface area contributed by atoms with Gasteiger partial charge in [0.2, 0.25) is 11.9 Å². The Morgan fingerprint density at radius 2 is 2.03 bits per heavy atom. The largest absolute Gasteiger partial charge is 0.324 e. The van der Waals surface area contributed by atoms with Gasteiger partial charge in [0.15, 0.2) is 11.5 Å². The lowest BCUT2D eigenvalue weighted by Gasteiger charge is -2.18. The molecule has 1 aromatic carbocycles. The van der Waals surface area contributed by atoms with Crippen molar-refractivity contribution < 1.29 is 4.39 Å². The van der Waals surface area contributed by atoms with Crippen molar-refractivity contribution in [2.45, 2.75) is 32.9 Å². The van der Waals surface area contributed by atoms with Gasteiger partial charge in [-0.1, -0.05) is 12.1 Å². The van der Waals surface area contributed by atoms with Crippen LogP contribution in [0.15, 0.2) is 47.4 Å². The van der Waals surface area contributed by atoms with E-state index in [0.29, 0.717) is 17.0 Å². The minimum Gasteiger partial charge on any atom is -0.324 e. The summed E-state index contributed by atoms with van der Waals surface area (Å²) in [4.78, 5) is 25.9. The SMILES string of the molecule is CC(C)n1c(=O)c2cnc(Nc3ccc4c(c3)CCNC4)nc2n1-c1cccc(F)n1. The van der Waals surface area contributed by atoms with E-state index in [1.165, 1.54) is 28.1 Å². The average Bonchev–Trinajstić information content (AvgIpc) is 3.06. The predicted molar refractivity (Wildman–Crippen MR) is 116 cm³/mol. The van der Waals surface area contributed by atoms with Crippen molar-refractivity contribution in [3.63, 3.8) is 0 Å². The van der Waals surface area contributed by atoms with Gasteiger partial charge in [-0.2, -0.15) is 9.37 Å². The summed E-state index contributed by atoms with van der Waals surface area (Å²) < 4.78 is 16.9. The van der Waals surface area contributed by atoms with Crippen LogP contribution in [0, 0.1) is 5.95 Å². The van der Waals surface area contributed by atoms with Crippen LogP contribution in [0.3, 0.4) is 0 Å². The van der Waals surface area contributed by atoms with Crippen molar-refractivity contribution in [2.75, 3.05) is 11.9 Å². The number of halogens is 1. The van der Waals surface area contributed by atoms with Gasteiger partial charge in [0, 0.05) is 24.5 Å². The molecule has 3 aromatic heterocycles. The molecule has 0 amide bonds. The molecule has 0 unspecified atom stereocenters. The molecule has 0 atom stereocenters. The standard InChI is InChI=1S/C22H22FN7O/c1-13(2)29-21(31)17-12-25-22(26-16-7-6-15-11-24-9-8-14(15)10-16)28-20(17)30(29)19-5-3-4-18(23)27-19/h3-7,10,12-13,24H,8-9,11H2,1-2H3,(H,25,26,28). The van der Waals surface area contributed by atoms with E-state index in [-0.39, 0.29) is 17.4 Å². The van der Waals surface area contributed by atoms with Crippen LogP contribution in [-0.4, -0.2) is 30.9 Å². The highest BCUT2D eigenvalue weighted by Crippen LogP contribution is 2.23. The van der Waals surface area contributed by atoms with Crippen LogP contribution >= 0.6 is 0 Å². The van der Waals surface area contributed by atoms with Gasteiger partial charge in [-0.3, -0.25) is 4.79 Å². The van der Waals surface area contributed by atoms with Crippen LogP contribution < -0.4 is 16.2 Å². The number of rotatable bonds is 4. The van der Waals surface area contributed by atoms with Gasteiger partial charge in [-0.15, -0.1) is 0 Å². The van der Waals surface area contributed by atoms with E-state index in [1.54, 1.807) is 16.8 Å². The minimum absolute atomic E-state index is 0.183. The second-order valence-corrected chi connectivity index (χ2v) is 7.84. The summed E-state index contributed by atoms with van der Waals surface area (Å²) in [5.74, 6) is 0.0113. The molecule has 5 rings (SSSR count). The molecule has 1 aliphatic rings. The molecule has 158 valence electrons. The van der Waals surface area contributed by atoms with Gasteiger partial charge in [0.25, 0.3) is 5.56 Å². The third-order valence-electron chi connectivity index (χ3n) is 5.38. The maximum Gasteiger partial charge on any atom is 0.278 e. The number of anilines is 2. The number of nitrogens with zero attached hydrogens (tertiary/aromatic N) is 5. The zero-order valence-corrected chi connectivity index (χ0v) is 17.3. The summed E-state index contributed by atoms with van der Waals surface area (Å²) in [5.41, 5.74) is 3.58. The Bertz CT molecular complexity index is 1340. The fraction of sp³-hybridized carbons (Fsp3) is 0.273. The highest BCUT2D eigenvalue weighted by molar-refractivity contribution is 5.77. The fourth-order valence-corrected chi connectivity index (χ4v) is 3.95. The van der Waals surface area contributed by atoms with E-state index in [1.807, 2.05) is 19.9 Å². The van der Waals surface area contributed by atoms with Crippen molar-refractivity contribution in [1.82, 2.24) is 29.6 Å². The smallest absolute Gasteiger partial charge is 0.278 e. The minimum atomic E-state index is -0.627. The molecule has 0 bridgehead atoms. The molecular formula is C22H22FN7O. The first kappa shape index (κ1) is 19.4. The molecule has 4 heterocycles. The van der Waals surface area contributed by atoms with E-state index < -0.39 is 5.95 Å². The van der Waals surface area contributed by atoms with Gasteiger partial charge in [0.1, 0.15) is 5.39 Å². The Labute approximate surface area is 177 Å². The van der Waals surface area contributed by atoms with Crippen molar-refractivity contribution >= 4 is 22.7 Å². The number of hydrogen-bond donors (Lipinski definition) is 2. The number of aromatic nitrogens is 5. The van der Waals surface area contributed by atoms with Crippen LogP contribution in [0.2, 0.25) is 0 Å². The fourth-order valence-electron chi connectivity index (χ4n) is 3.95. The number of benzene rings is 1. The molecule has 0 spiro atoms. The maximum absolute atomic E-state index is 13.8. The lowest BCUT2D eigenvalue weighted by molar-refractivity contribution is 0.467. The average molecular weight is 419 g/mol. The monoisotopic (exact) mass is 419 g/mol. The molecule has 0 saturated heterocycles. The first-order valence-electron chi connectivity index (χ1n) is 10.2. The van der Waals surface area contributed by atoms with Crippen molar-refractivity contribution in [3.05, 3.63) is 70.0 Å². The lowest BCUT2D eigenvalue weighted by Crippen LogP contribution is -2.24. The molecule has 0 fully saturated rings. The lowest BCUT2D eigenvalue weighted by atomic mass is 10.0. The first-order chi connectivity index (χ1) is 15.0. The third kappa shape index (κ3) is 3.46. The summed E-state index contributed by atoms with van der Waals surface area (Å²) in [7, 11) is 0. The number of fused-ring (bicyclic) bond motifs is 2. The maximum atomic E-state index is 13.8. The summed E-state index contributed by atoms with van der Waals surface area (Å²) >= 11 is 0. The van der Waals surface area contributed by atoms with E-state index >= 15 is 0 Å². The van der Waals surface area contributed by atoms with Crippen LogP contribution in [0.5, 0.6) is 0 Å². The molecular weight excluding hydrogens is 397 g/mol. The van der Waals surface area contributed by atoms with Gasteiger partial charge >= 0.3 is 0 Å². The molecule has 9 heteroatoms. The molecule has 31 heavy (non-hydrogen) atoms. The van der Waals surface area contributed by atoms with Crippen LogP contribution in [0.1, 0.15) is 31.0 Å². The van der Waals surface area contributed by atoms with Gasteiger partial charge in [-0.05, 0) is 62.2 Å². The van der Waals surface area contributed by atoms with Crippen LogP contribution in [-0.2, 0) is 13.0 Å². The Balaban J connectivity index is 1.62. The Morgan fingerprint density at radius 1 is 1.16 bits per heavy atom. The second-order valence-electron chi connectivity index (χ2n) is 7.84. The molecule has 0 radical (unpaired) electrons. The molecule has 0 saturated carbocycles. The number of pyridine rings is 1. The summed E-state index contributed by atoms with van der Waals surface area (Å²) in [6.45, 7) is 5.58. The van der Waals surface area contributed by atoms with Crippen molar-refractivity contribution in [2.24, 2.45) is 0 Å². The third-order valence-corrected chi connectivity index (χ3v) is 5.38. The topological polar surface area (TPSA) is 89.7 Å². The Hall–Kier alpha value is -3.59. The van der Waals surface area contributed by atoms with Crippen LogP contribution in [0.25, 0.3) is 16.9 Å². The van der Waals surface area contributed by atoms with Crippen LogP contribution in [0.4, 0.5) is 16.0 Å². The quantitative estimate of drug-likeness (QED) is 0.494. The van der Waals surface area contributed by atoms with E-state index in [0.717, 1.165) is 25.2 Å². The number of nitrogens with one attached hydrogen (secondary N) is 2. The Kier molecular flexibility index (Phi) is 4.74. The first-order valence-corrected chi connectivity index (χ1v) is 10.2. The second kappa shape index (κ2) is 7.59. The molecule has 4 aromatic rings.